The van der Waals surface area contributed by atoms with Crippen molar-refractivity contribution in [2.45, 2.75) is 12.8 Å². The fourth-order valence-corrected chi connectivity index (χ4v) is 1.91. The lowest BCUT2D eigenvalue weighted by molar-refractivity contribution is -0.385. The first-order valence-electron chi connectivity index (χ1n) is 6.84. The fraction of sp³-hybridized carbons (Fsp3) is 0.200. The number of rotatable bonds is 7. The van der Waals surface area contributed by atoms with Gasteiger partial charge < -0.3 is 10.1 Å². The zero-order valence-corrected chi connectivity index (χ0v) is 12.8. The van der Waals surface area contributed by atoms with Gasteiger partial charge in [0.2, 0.25) is 5.91 Å². The lowest BCUT2D eigenvalue weighted by Crippen LogP contribution is -2.13. The zero-order valence-electron chi connectivity index (χ0n) is 12.1. The minimum Gasteiger partial charge on any atom is -0.487 e. The van der Waals surface area contributed by atoms with Gasteiger partial charge in [-0.1, -0.05) is 23.7 Å². The Kier molecular flexibility index (Phi) is 5.87. The summed E-state index contributed by atoms with van der Waals surface area (Å²) in [6.45, 7) is 0.201. The van der Waals surface area contributed by atoms with Crippen LogP contribution in [-0.4, -0.2) is 22.4 Å². The molecule has 7 nitrogen and oxygen atoms in total. The standard InChI is InChI=1S/C15H14ClN3O4/c16-11-7-8-14(17-10-11)18-15(20)6-3-9-23-13-5-2-1-4-12(13)19(21)22/h1-2,4-5,7-8,10H,3,6,9H2,(H,17,18,20). The van der Waals surface area contributed by atoms with Gasteiger partial charge in [-0.05, 0) is 24.6 Å². The van der Waals surface area contributed by atoms with Gasteiger partial charge in [0.15, 0.2) is 5.75 Å². The predicted octanol–water partition coefficient (Wildman–Crippen LogP) is 3.44. The highest BCUT2D eigenvalue weighted by molar-refractivity contribution is 6.30. The number of anilines is 1. The highest BCUT2D eigenvalue weighted by Crippen LogP contribution is 2.25. The van der Waals surface area contributed by atoms with Crippen molar-refractivity contribution in [3.05, 3.63) is 57.7 Å². The Morgan fingerprint density at radius 2 is 2.09 bits per heavy atom. The maximum Gasteiger partial charge on any atom is 0.310 e. The van der Waals surface area contributed by atoms with Gasteiger partial charge in [-0.2, -0.15) is 0 Å². The fourth-order valence-electron chi connectivity index (χ4n) is 1.80. The van der Waals surface area contributed by atoms with Gasteiger partial charge in [0.05, 0.1) is 16.6 Å². The van der Waals surface area contributed by atoms with E-state index in [9.17, 15) is 14.9 Å². The number of carbonyl (C=O) groups is 1. The van der Waals surface area contributed by atoms with Gasteiger partial charge in [-0.3, -0.25) is 14.9 Å². The van der Waals surface area contributed by atoms with Gasteiger partial charge >= 0.3 is 5.69 Å². The molecule has 0 unspecified atom stereocenters. The summed E-state index contributed by atoms with van der Waals surface area (Å²) in [4.78, 5) is 26.0. The number of benzene rings is 1. The molecule has 1 aromatic heterocycles. The molecule has 0 saturated heterocycles. The molecular formula is C15H14ClN3O4. The van der Waals surface area contributed by atoms with Crippen molar-refractivity contribution in [3.63, 3.8) is 0 Å². The number of nitro groups is 1. The molecule has 0 aliphatic rings. The number of hydrogen-bond acceptors (Lipinski definition) is 5. The van der Waals surface area contributed by atoms with Crippen molar-refractivity contribution in [1.82, 2.24) is 4.98 Å². The van der Waals surface area contributed by atoms with E-state index < -0.39 is 4.92 Å². The molecule has 2 aromatic rings. The van der Waals surface area contributed by atoms with Crippen LogP contribution in [0.1, 0.15) is 12.8 Å². The van der Waals surface area contributed by atoms with E-state index in [4.69, 9.17) is 16.3 Å². The number of nitrogens with one attached hydrogen (secondary N) is 1. The monoisotopic (exact) mass is 335 g/mol. The quantitative estimate of drug-likeness (QED) is 0.475. The molecule has 1 amide bonds. The molecule has 0 aliphatic carbocycles. The second-order valence-electron chi connectivity index (χ2n) is 4.59. The lowest BCUT2D eigenvalue weighted by Gasteiger charge is -2.07. The molecule has 0 bridgehead atoms. The Hall–Kier alpha value is -2.67. The number of para-hydroxylation sites is 2. The van der Waals surface area contributed by atoms with E-state index in [1.54, 1.807) is 24.3 Å². The molecule has 1 heterocycles. The normalized spacial score (nSPS) is 10.1. The molecule has 0 saturated carbocycles. The molecule has 1 aromatic carbocycles. The number of hydrogen-bond donors (Lipinski definition) is 1. The minimum atomic E-state index is -0.506. The number of carbonyl (C=O) groups excluding carboxylic acids is 1. The third kappa shape index (κ3) is 5.23. The molecular weight excluding hydrogens is 322 g/mol. The van der Waals surface area contributed by atoms with Crippen LogP contribution < -0.4 is 10.1 Å². The van der Waals surface area contributed by atoms with Crippen molar-refractivity contribution in [1.29, 1.82) is 0 Å². The van der Waals surface area contributed by atoms with Gasteiger partial charge in [-0.25, -0.2) is 4.98 Å². The van der Waals surface area contributed by atoms with Crippen LogP contribution in [0.15, 0.2) is 42.6 Å². The van der Waals surface area contributed by atoms with E-state index in [1.807, 2.05) is 0 Å². The van der Waals surface area contributed by atoms with Gasteiger partial charge in [0, 0.05) is 18.7 Å². The summed E-state index contributed by atoms with van der Waals surface area (Å²) in [5, 5.41) is 13.9. The van der Waals surface area contributed by atoms with Crippen LogP contribution in [0.25, 0.3) is 0 Å². The third-order valence-corrected chi connectivity index (χ3v) is 3.09. The van der Waals surface area contributed by atoms with E-state index in [2.05, 4.69) is 10.3 Å². The van der Waals surface area contributed by atoms with Crippen LogP contribution in [-0.2, 0) is 4.79 Å². The second kappa shape index (κ2) is 8.09. The lowest BCUT2D eigenvalue weighted by atomic mass is 10.3. The predicted molar refractivity (Wildman–Crippen MR) is 85.7 cm³/mol. The largest absolute Gasteiger partial charge is 0.487 e. The summed E-state index contributed by atoms with van der Waals surface area (Å²) < 4.78 is 5.36. The number of amides is 1. The maximum atomic E-state index is 11.7. The highest BCUT2D eigenvalue weighted by Gasteiger charge is 2.13. The third-order valence-electron chi connectivity index (χ3n) is 2.86. The molecule has 0 radical (unpaired) electrons. The number of halogens is 1. The second-order valence-corrected chi connectivity index (χ2v) is 5.02. The first kappa shape index (κ1) is 16.7. The van der Waals surface area contributed by atoms with Crippen LogP contribution in [0.4, 0.5) is 11.5 Å². The molecule has 1 N–H and O–H groups in total. The Labute approximate surface area is 137 Å². The van der Waals surface area contributed by atoms with Gasteiger partial charge in [-0.15, -0.1) is 0 Å². The van der Waals surface area contributed by atoms with Gasteiger partial charge in [0.25, 0.3) is 0 Å². The first-order chi connectivity index (χ1) is 11.1. The maximum absolute atomic E-state index is 11.7. The molecule has 23 heavy (non-hydrogen) atoms. The van der Waals surface area contributed by atoms with Crippen molar-refractivity contribution in [2.24, 2.45) is 0 Å². The number of aromatic nitrogens is 1. The van der Waals surface area contributed by atoms with E-state index in [0.29, 0.717) is 17.3 Å². The molecule has 0 fully saturated rings. The van der Waals surface area contributed by atoms with Crippen LogP contribution in [0.2, 0.25) is 5.02 Å². The summed E-state index contributed by atoms with van der Waals surface area (Å²) >= 11 is 5.70. The molecule has 0 atom stereocenters. The van der Waals surface area contributed by atoms with Crippen LogP contribution >= 0.6 is 11.6 Å². The summed E-state index contributed by atoms with van der Waals surface area (Å²) in [5.74, 6) is 0.391. The molecule has 0 spiro atoms. The van der Waals surface area contributed by atoms with Crippen molar-refractivity contribution < 1.29 is 14.5 Å². The van der Waals surface area contributed by atoms with Gasteiger partial charge in [0.1, 0.15) is 5.82 Å². The molecule has 2 rings (SSSR count). The van der Waals surface area contributed by atoms with Crippen LogP contribution in [0, 0.1) is 10.1 Å². The smallest absolute Gasteiger partial charge is 0.310 e. The van der Waals surface area contributed by atoms with E-state index >= 15 is 0 Å². The SMILES string of the molecule is O=C(CCCOc1ccccc1[N+](=O)[O-])Nc1ccc(Cl)cn1. The summed E-state index contributed by atoms with van der Waals surface area (Å²) in [5.41, 5.74) is -0.0951. The Balaban J connectivity index is 1.76. The number of nitrogens with zero attached hydrogens (tertiary/aromatic N) is 2. The summed E-state index contributed by atoms with van der Waals surface area (Å²) in [6.07, 6.45) is 2.07. The van der Waals surface area contributed by atoms with Crippen molar-refractivity contribution in [3.8, 4) is 5.75 Å². The average Bonchev–Trinajstić information content (AvgIpc) is 2.54. The summed E-state index contributed by atoms with van der Waals surface area (Å²) in [7, 11) is 0. The zero-order chi connectivity index (χ0) is 16.7. The Morgan fingerprint density at radius 3 is 2.78 bits per heavy atom. The molecule has 8 heteroatoms. The van der Waals surface area contributed by atoms with E-state index in [-0.39, 0.29) is 30.4 Å². The average molecular weight is 336 g/mol. The molecule has 0 aliphatic heterocycles. The molecule has 120 valence electrons. The van der Waals surface area contributed by atoms with E-state index in [1.165, 1.54) is 18.3 Å². The number of pyridine rings is 1. The minimum absolute atomic E-state index is 0.0951. The number of nitro benzene ring substituents is 1. The Morgan fingerprint density at radius 1 is 1.30 bits per heavy atom. The van der Waals surface area contributed by atoms with Crippen molar-refractivity contribution >= 4 is 29.0 Å². The highest BCUT2D eigenvalue weighted by atomic mass is 35.5. The van der Waals surface area contributed by atoms with Crippen LogP contribution in [0.5, 0.6) is 5.75 Å². The van der Waals surface area contributed by atoms with Crippen molar-refractivity contribution in [2.75, 3.05) is 11.9 Å². The Bertz CT molecular complexity index is 691. The van der Waals surface area contributed by atoms with E-state index in [0.717, 1.165) is 0 Å². The topological polar surface area (TPSA) is 94.4 Å². The number of ether oxygens (including phenoxy) is 1. The summed E-state index contributed by atoms with van der Waals surface area (Å²) in [6, 6.07) is 9.34. The first-order valence-corrected chi connectivity index (χ1v) is 7.21. The van der Waals surface area contributed by atoms with Crippen LogP contribution in [0.3, 0.4) is 0 Å².